The van der Waals surface area contributed by atoms with Crippen molar-refractivity contribution in [2.75, 3.05) is 19.1 Å². The lowest BCUT2D eigenvalue weighted by Crippen LogP contribution is -2.62. The highest BCUT2D eigenvalue weighted by atomic mass is 16.6. The van der Waals surface area contributed by atoms with Gasteiger partial charge in [0.15, 0.2) is 6.23 Å². The second-order valence-electron chi connectivity index (χ2n) is 9.82. The van der Waals surface area contributed by atoms with Gasteiger partial charge in [-0.15, -0.1) is 0 Å². The Morgan fingerprint density at radius 3 is 2.37 bits per heavy atom. The molecule has 2 aliphatic heterocycles. The zero-order chi connectivity index (χ0) is 27.1. The number of para-hydroxylation sites is 2. The number of aromatic amines is 1. The molecule has 0 aliphatic carbocycles. The van der Waals surface area contributed by atoms with E-state index in [1.807, 2.05) is 53.4 Å². The molecule has 3 aromatic rings. The Kier molecular flexibility index (Phi) is 7.15. The Labute approximate surface area is 219 Å². The third-order valence-corrected chi connectivity index (χ3v) is 7.70. The number of rotatable bonds is 6. The number of anilines is 1. The number of H-pyrrole nitrogens is 1. The van der Waals surface area contributed by atoms with Crippen LogP contribution in [0.5, 0.6) is 0 Å². The predicted octanol–water partition coefficient (Wildman–Crippen LogP) is 1.92. The third-order valence-electron chi connectivity index (χ3n) is 7.70. The zero-order valence-electron chi connectivity index (χ0n) is 21.4. The second kappa shape index (κ2) is 10.4. The number of aliphatic hydroxyl groups is 3. The van der Waals surface area contributed by atoms with Gasteiger partial charge < -0.3 is 39.4 Å². The van der Waals surface area contributed by atoms with E-state index in [4.69, 9.17) is 14.2 Å². The van der Waals surface area contributed by atoms with Crippen LogP contribution in [0.15, 0.2) is 48.5 Å². The highest BCUT2D eigenvalue weighted by molar-refractivity contribution is 5.89. The van der Waals surface area contributed by atoms with E-state index in [1.54, 1.807) is 6.92 Å². The molecule has 0 saturated carbocycles. The van der Waals surface area contributed by atoms with Crippen LogP contribution in [0, 0.1) is 0 Å². The molecule has 1 unspecified atom stereocenters. The summed E-state index contributed by atoms with van der Waals surface area (Å²) in [6.07, 6.45) is -6.02. The molecule has 4 N–H and O–H groups in total. The van der Waals surface area contributed by atoms with E-state index in [2.05, 4.69) is 4.98 Å². The number of benzene rings is 2. The molecule has 38 heavy (non-hydrogen) atoms. The molecule has 2 aliphatic rings. The smallest absolute Gasteiger partial charge is 0.310 e. The van der Waals surface area contributed by atoms with Crippen LogP contribution in [0.2, 0.25) is 0 Å². The van der Waals surface area contributed by atoms with Gasteiger partial charge in [0.25, 0.3) is 0 Å². The van der Waals surface area contributed by atoms with Crippen molar-refractivity contribution in [3.05, 3.63) is 65.4 Å². The molecule has 10 heteroatoms. The molecule has 0 bridgehead atoms. The Morgan fingerprint density at radius 1 is 0.947 bits per heavy atom. The zero-order valence-corrected chi connectivity index (χ0v) is 21.4. The summed E-state index contributed by atoms with van der Waals surface area (Å²) in [5.41, 5.74) is 3.68. The van der Waals surface area contributed by atoms with Crippen LogP contribution >= 0.6 is 0 Å². The van der Waals surface area contributed by atoms with E-state index < -0.39 is 54.5 Å². The lowest BCUT2D eigenvalue weighted by atomic mass is 9.87. The number of aliphatic hydroxyl groups excluding tert-OH is 3. The van der Waals surface area contributed by atoms with Crippen molar-refractivity contribution >= 4 is 28.5 Å². The first-order valence-corrected chi connectivity index (χ1v) is 12.6. The molecule has 3 heterocycles. The second-order valence-corrected chi connectivity index (χ2v) is 9.82. The van der Waals surface area contributed by atoms with E-state index in [9.17, 15) is 24.9 Å². The summed E-state index contributed by atoms with van der Waals surface area (Å²) >= 11 is 0. The molecule has 1 fully saturated rings. The fourth-order valence-electron chi connectivity index (χ4n) is 5.81. The Balaban J connectivity index is 1.73. The van der Waals surface area contributed by atoms with Gasteiger partial charge in [-0.3, -0.25) is 9.59 Å². The molecular formula is C28H32N2O8. The summed E-state index contributed by atoms with van der Waals surface area (Å²) in [5.74, 6) is -1.29. The van der Waals surface area contributed by atoms with Gasteiger partial charge in [0.1, 0.15) is 18.3 Å². The van der Waals surface area contributed by atoms with Crippen molar-refractivity contribution in [2.45, 2.75) is 62.4 Å². The SMILES string of the molecule is COC(=O)Cc1c([C@@H]2[C@@H](CC(=O)OC)c3ccccc3N2C2O[C@@H](C)[C@H](O)[C@@H](O)[C@H]2O)[nH]c2ccccc12. The predicted molar refractivity (Wildman–Crippen MR) is 137 cm³/mol. The van der Waals surface area contributed by atoms with Crippen molar-refractivity contribution in [1.29, 1.82) is 0 Å². The molecule has 2 aromatic carbocycles. The summed E-state index contributed by atoms with van der Waals surface area (Å²) < 4.78 is 16.1. The molecule has 10 nitrogen and oxygen atoms in total. The molecule has 0 radical (unpaired) electrons. The molecule has 0 amide bonds. The van der Waals surface area contributed by atoms with Crippen LogP contribution in [0.4, 0.5) is 5.69 Å². The fraction of sp³-hybridized carbons (Fsp3) is 0.429. The maximum Gasteiger partial charge on any atom is 0.310 e. The minimum atomic E-state index is -1.46. The van der Waals surface area contributed by atoms with Crippen LogP contribution in [0.3, 0.4) is 0 Å². The van der Waals surface area contributed by atoms with Gasteiger partial charge in [0.2, 0.25) is 0 Å². The number of ether oxygens (including phenoxy) is 3. The van der Waals surface area contributed by atoms with Crippen molar-refractivity contribution < 1.29 is 39.1 Å². The number of esters is 2. The molecule has 5 rings (SSSR count). The van der Waals surface area contributed by atoms with Gasteiger partial charge in [-0.1, -0.05) is 36.4 Å². The maximum atomic E-state index is 12.7. The Hall–Kier alpha value is -3.44. The summed E-state index contributed by atoms with van der Waals surface area (Å²) in [6.45, 7) is 1.63. The Morgan fingerprint density at radius 2 is 1.63 bits per heavy atom. The summed E-state index contributed by atoms with van der Waals surface area (Å²) in [5, 5.41) is 33.0. The number of fused-ring (bicyclic) bond motifs is 2. The standard InChI is InChI=1S/C28H32N2O8/c1-14-25(33)26(34)27(35)28(38-14)30-20-11-7-5-9-16(20)18(13-22(32)37-3)24(30)23-17(12-21(31)36-2)15-8-4-6-10-19(15)29-23/h4-11,14,18,24-29,33-35H,12-13H2,1-3H3/t14-,18-,24-,25-,26+,27+,28?/m0/s1. The minimum absolute atomic E-state index is 0.0191. The molecule has 202 valence electrons. The van der Waals surface area contributed by atoms with E-state index in [0.29, 0.717) is 16.9 Å². The number of hydrogen-bond acceptors (Lipinski definition) is 9. The Bertz CT molecular complexity index is 1340. The van der Waals surface area contributed by atoms with E-state index in [1.165, 1.54) is 14.2 Å². The molecule has 1 saturated heterocycles. The van der Waals surface area contributed by atoms with Crippen LogP contribution in [0.25, 0.3) is 10.9 Å². The number of aromatic nitrogens is 1. The quantitative estimate of drug-likeness (QED) is 0.356. The van der Waals surface area contributed by atoms with E-state index in [-0.39, 0.29) is 12.8 Å². The number of methoxy groups -OCH3 is 2. The number of nitrogens with zero attached hydrogens (tertiary/aromatic N) is 1. The fourth-order valence-corrected chi connectivity index (χ4v) is 5.81. The topological polar surface area (TPSA) is 142 Å². The largest absolute Gasteiger partial charge is 0.469 e. The van der Waals surface area contributed by atoms with Gasteiger partial charge >= 0.3 is 11.9 Å². The van der Waals surface area contributed by atoms with Crippen molar-refractivity contribution in [2.24, 2.45) is 0 Å². The van der Waals surface area contributed by atoms with Gasteiger partial charge in [0.05, 0.1) is 39.2 Å². The number of hydrogen-bond donors (Lipinski definition) is 4. The highest BCUT2D eigenvalue weighted by Crippen LogP contribution is 2.53. The first-order chi connectivity index (χ1) is 18.3. The molecule has 1 aromatic heterocycles. The summed E-state index contributed by atoms with van der Waals surface area (Å²) in [7, 11) is 2.66. The van der Waals surface area contributed by atoms with Gasteiger partial charge in [-0.05, 0) is 30.2 Å². The number of nitrogens with one attached hydrogen (secondary N) is 1. The van der Waals surface area contributed by atoms with Crippen molar-refractivity contribution in [1.82, 2.24) is 4.98 Å². The molecule has 0 spiro atoms. The van der Waals surface area contributed by atoms with Crippen LogP contribution < -0.4 is 4.90 Å². The van der Waals surface area contributed by atoms with E-state index in [0.717, 1.165) is 16.5 Å². The lowest BCUT2D eigenvalue weighted by molar-refractivity contribution is -0.218. The van der Waals surface area contributed by atoms with Gasteiger partial charge in [-0.2, -0.15) is 0 Å². The van der Waals surface area contributed by atoms with Crippen molar-refractivity contribution in [3.8, 4) is 0 Å². The highest BCUT2D eigenvalue weighted by Gasteiger charge is 2.52. The molecular weight excluding hydrogens is 492 g/mol. The third kappa shape index (κ3) is 4.33. The monoisotopic (exact) mass is 524 g/mol. The average Bonchev–Trinajstić information content (AvgIpc) is 3.44. The average molecular weight is 525 g/mol. The minimum Gasteiger partial charge on any atom is -0.469 e. The van der Waals surface area contributed by atoms with Crippen LogP contribution in [-0.4, -0.2) is 77.1 Å². The summed E-state index contributed by atoms with van der Waals surface area (Å²) in [4.78, 5) is 30.5. The first-order valence-electron chi connectivity index (χ1n) is 12.6. The van der Waals surface area contributed by atoms with Crippen molar-refractivity contribution in [3.63, 3.8) is 0 Å². The first kappa shape index (κ1) is 26.2. The normalized spacial score (nSPS) is 28.8. The number of carbonyl (C=O) groups excluding carboxylic acids is 2. The van der Waals surface area contributed by atoms with Crippen LogP contribution in [0.1, 0.15) is 42.1 Å². The van der Waals surface area contributed by atoms with Crippen LogP contribution in [-0.2, 0) is 30.2 Å². The lowest BCUT2D eigenvalue weighted by Gasteiger charge is -2.46. The number of carbonyl (C=O) groups is 2. The maximum absolute atomic E-state index is 12.7. The van der Waals surface area contributed by atoms with E-state index >= 15 is 0 Å². The molecule has 7 atom stereocenters. The van der Waals surface area contributed by atoms with Gasteiger partial charge in [-0.25, -0.2) is 0 Å². The van der Waals surface area contributed by atoms with Gasteiger partial charge in [0, 0.05) is 28.2 Å². The summed E-state index contributed by atoms with van der Waals surface area (Å²) in [6, 6.07) is 14.4.